The number of carbonyl (C=O) groups is 2. The summed E-state index contributed by atoms with van der Waals surface area (Å²) in [6.07, 6.45) is 0. The van der Waals surface area contributed by atoms with E-state index in [9.17, 15) is 9.59 Å². The van der Waals surface area contributed by atoms with E-state index in [0.717, 1.165) is 11.4 Å². The van der Waals surface area contributed by atoms with E-state index in [2.05, 4.69) is 24.5 Å². The molecule has 156 valence electrons. The van der Waals surface area contributed by atoms with E-state index >= 15 is 0 Å². The van der Waals surface area contributed by atoms with Crippen LogP contribution in [0.5, 0.6) is 5.75 Å². The minimum absolute atomic E-state index is 0.128. The van der Waals surface area contributed by atoms with E-state index in [0.29, 0.717) is 18.2 Å². The lowest BCUT2D eigenvalue weighted by Crippen LogP contribution is -2.45. The molecule has 6 heteroatoms. The summed E-state index contributed by atoms with van der Waals surface area (Å²) in [5.41, 5.74) is 2.67. The monoisotopic (exact) mass is 397 g/mol. The first-order valence-electron chi connectivity index (χ1n) is 9.92. The molecule has 0 heterocycles. The van der Waals surface area contributed by atoms with Gasteiger partial charge in [0.25, 0.3) is 0 Å². The minimum Gasteiger partial charge on any atom is -0.497 e. The zero-order valence-electron chi connectivity index (χ0n) is 17.9. The van der Waals surface area contributed by atoms with Crippen LogP contribution >= 0.6 is 0 Å². The van der Waals surface area contributed by atoms with Crippen molar-refractivity contribution < 1.29 is 14.3 Å². The third-order valence-electron chi connectivity index (χ3n) is 4.90. The Morgan fingerprint density at radius 3 is 2.00 bits per heavy atom. The molecule has 6 nitrogen and oxygen atoms in total. The molecule has 0 aliphatic rings. The molecular formula is C23H31N3O3. The molecule has 2 rings (SSSR count). The number of rotatable bonds is 9. The minimum atomic E-state index is -0.439. The maximum absolute atomic E-state index is 12.6. The number of carbonyl (C=O) groups excluding carboxylic acids is 2. The largest absolute Gasteiger partial charge is 0.497 e. The van der Waals surface area contributed by atoms with Crippen molar-refractivity contribution in [1.29, 1.82) is 0 Å². The lowest BCUT2D eigenvalue weighted by atomic mass is 10.0. The van der Waals surface area contributed by atoms with Gasteiger partial charge in [-0.25, -0.2) is 0 Å². The lowest BCUT2D eigenvalue weighted by molar-refractivity contribution is -0.123. The topological polar surface area (TPSA) is 70.7 Å². The van der Waals surface area contributed by atoms with Crippen LogP contribution in [0.15, 0.2) is 48.5 Å². The van der Waals surface area contributed by atoms with Crippen LogP contribution in [0.25, 0.3) is 0 Å². The molecule has 2 amide bonds. The van der Waals surface area contributed by atoms with Crippen LogP contribution in [0.4, 0.5) is 11.4 Å². The molecule has 2 N–H and O–H groups in total. The maximum Gasteiger partial charge on any atom is 0.241 e. The number of hydrogen-bond donors (Lipinski definition) is 2. The first kappa shape index (κ1) is 22.4. The number of ether oxygens (including phenoxy) is 1. The number of benzene rings is 2. The Morgan fingerprint density at radius 2 is 1.48 bits per heavy atom. The van der Waals surface area contributed by atoms with Gasteiger partial charge in [-0.1, -0.05) is 32.9 Å². The first-order chi connectivity index (χ1) is 13.8. The van der Waals surface area contributed by atoms with Crippen molar-refractivity contribution in [3.05, 3.63) is 54.1 Å². The number of likely N-dealkylation sites (N-methyl/N-ethyl adjacent to an activating group) is 1. The van der Waals surface area contributed by atoms with Gasteiger partial charge in [0.1, 0.15) is 5.75 Å². The Balaban J connectivity index is 1.92. The van der Waals surface area contributed by atoms with Crippen molar-refractivity contribution in [2.24, 2.45) is 0 Å². The van der Waals surface area contributed by atoms with Gasteiger partial charge in [-0.2, -0.15) is 0 Å². The van der Waals surface area contributed by atoms with Crippen molar-refractivity contribution in [2.45, 2.75) is 39.7 Å². The molecule has 1 atom stereocenters. The third kappa shape index (κ3) is 6.61. The predicted octanol–water partition coefficient (Wildman–Crippen LogP) is 4.11. The highest BCUT2D eigenvalue weighted by Crippen LogP contribution is 2.18. The van der Waals surface area contributed by atoms with Gasteiger partial charge in [0.05, 0.1) is 19.7 Å². The summed E-state index contributed by atoms with van der Waals surface area (Å²) < 4.78 is 5.12. The van der Waals surface area contributed by atoms with Gasteiger partial charge in [0, 0.05) is 11.4 Å². The zero-order chi connectivity index (χ0) is 21.4. The quantitative estimate of drug-likeness (QED) is 0.668. The van der Waals surface area contributed by atoms with Crippen molar-refractivity contribution in [1.82, 2.24) is 4.90 Å². The summed E-state index contributed by atoms with van der Waals surface area (Å²) in [5.74, 6) is 0.864. The van der Waals surface area contributed by atoms with Crippen LogP contribution in [0.2, 0.25) is 0 Å². The Labute approximate surface area is 173 Å². The number of amides is 2. The van der Waals surface area contributed by atoms with Crippen LogP contribution in [-0.4, -0.2) is 43.0 Å². The second kappa shape index (κ2) is 10.6. The second-order valence-corrected chi connectivity index (χ2v) is 7.28. The molecule has 0 aliphatic heterocycles. The maximum atomic E-state index is 12.6. The van der Waals surface area contributed by atoms with E-state index in [1.807, 2.05) is 43.0 Å². The molecule has 0 spiro atoms. The summed E-state index contributed by atoms with van der Waals surface area (Å²) in [5, 5.41) is 5.78. The average molecular weight is 398 g/mol. The van der Waals surface area contributed by atoms with Gasteiger partial charge < -0.3 is 15.4 Å². The van der Waals surface area contributed by atoms with E-state index in [4.69, 9.17) is 4.74 Å². The number of hydrogen-bond acceptors (Lipinski definition) is 4. The number of methoxy groups -OCH3 is 1. The molecule has 0 fully saturated rings. The van der Waals surface area contributed by atoms with E-state index in [1.165, 1.54) is 5.56 Å². The summed E-state index contributed by atoms with van der Waals surface area (Å²) in [4.78, 5) is 26.9. The Kier molecular flexibility index (Phi) is 8.21. The molecule has 0 bridgehead atoms. The lowest BCUT2D eigenvalue weighted by Gasteiger charge is -2.26. The van der Waals surface area contributed by atoms with Gasteiger partial charge in [0.15, 0.2) is 0 Å². The smallest absolute Gasteiger partial charge is 0.241 e. The van der Waals surface area contributed by atoms with Crippen LogP contribution in [0.3, 0.4) is 0 Å². The van der Waals surface area contributed by atoms with E-state index in [-0.39, 0.29) is 18.4 Å². The fourth-order valence-electron chi connectivity index (χ4n) is 2.95. The highest BCUT2D eigenvalue weighted by Gasteiger charge is 2.22. The predicted molar refractivity (Wildman–Crippen MR) is 117 cm³/mol. The van der Waals surface area contributed by atoms with E-state index in [1.54, 1.807) is 31.4 Å². The van der Waals surface area contributed by atoms with Gasteiger partial charge in [-0.05, 0) is 61.3 Å². The number of anilines is 2. The number of nitrogens with one attached hydrogen (secondary N) is 2. The molecule has 1 unspecified atom stereocenters. The van der Waals surface area contributed by atoms with Crippen molar-refractivity contribution >= 4 is 23.2 Å². The molecule has 2 aromatic rings. The average Bonchev–Trinajstić information content (AvgIpc) is 2.72. The van der Waals surface area contributed by atoms with Crippen LogP contribution in [0, 0.1) is 0 Å². The van der Waals surface area contributed by atoms with Crippen LogP contribution in [-0.2, 0) is 9.59 Å². The van der Waals surface area contributed by atoms with Crippen molar-refractivity contribution in [3.63, 3.8) is 0 Å². The van der Waals surface area contributed by atoms with Gasteiger partial charge in [-0.3, -0.25) is 14.5 Å². The molecule has 0 aromatic heterocycles. The highest BCUT2D eigenvalue weighted by atomic mass is 16.5. The fourth-order valence-corrected chi connectivity index (χ4v) is 2.95. The van der Waals surface area contributed by atoms with Crippen LogP contribution < -0.4 is 15.4 Å². The van der Waals surface area contributed by atoms with Gasteiger partial charge >= 0.3 is 0 Å². The molecular weight excluding hydrogens is 366 g/mol. The van der Waals surface area contributed by atoms with Gasteiger partial charge in [0.2, 0.25) is 11.8 Å². The van der Waals surface area contributed by atoms with Gasteiger partial charge in [-0.15, -0.1) is 0 Å². The highest BCUT2D eigenvalue weighted by molar-refractivity contribution is 5.96. The molecule has 2 aromatic carbocycles. The SMILES string of the molecule is CCN(CC(=O)Nc1ccc(OC)cc1)C(C)C(=O)Nc1ccc(C(C)C)cc1. The first-order valence-corrected chi connectivity index (χ1v) is 9.92. The summed E-state index contributed by atoms with van der Waals surface area (Å²) in [7, 11) is 1.60. The molecule has 0 saturated heterocycles. The normalized spacial score (nSPS) is 12.0. The standard InChI is InChI=1S/C23H31N3O3/c1-6-26(15-22(27)24-19-11-13-21(29-5)14-12-19)17(4)23(28)25-20-9-7-18(8-10-20)16(2)3/h7-14,16-17H,6,15H2,1-5H3,(H,24,27)(H,25,28). The zero-order valence-corrected chi connectivity index (χ0v) is 17.9. The molecule has 29 heavy (non-hydrogen) atoms. The van der Waals surface area contributed by atoms with Crippen molar-refractivity contribution in [2.75, 3.05) is 30.8 Å². The summed E-state index contributed by atoms with van der Waals surface area (Å²) in [6, 6.07) is 14.6. The Hall–Kier alpha value is -2.86. The van der Waals surface area contributed by atoms with E-state index < -0.39 is 6.04 Å². The third-order valence-corrected chi connectivity index (χ3v) is 4.90. The molecule has 0 aliphatic carbocycles. The summed E-state index contributed by atoms with van der Waals surface area (Å²) >= 11 is 0. The number of nitrogens with zero attached hydrogens (tertiary/aromatic N) is 1. The van der Waals surface area contributed by atoms with Crippen molar-refractivity contribution in [3.8, 4) is 5.75 Å². The summed E-state index contributed by atoms with van der Waals surface area (Å²) in [6.45, 7) is 8.71. The molecule has 0 saturated carbocycles. The second-order valence-electron chi connectivity index (χ2n) is 7.28. The molecule has 0 radical (unpaired) electrons. The van der Waals surface area contributed by atoms with Crippen LogP contribution in [0.1, 0.15) is 39.2 Å². The fraction of sp³-hybridized carbons (Fsp3) is 0.391. The Morgan fingerprint density at radius 1 is 0.931 bits per heavy atom. The Bertz CT molecular complexity index is 801.